The number of hydrogen-bond donors (Lipinski definition) is 1. The molecule has 0 saturated heterocycles. The predicted octanol–water partition coefficient (Wildman–Crippen LogP) is 3.82. The van der Waals surface area contributed by atoms with Crippen LogP contribution in [0.1, 0.15) is 18.2 Å². The summed E-state index contributed by atoms with van der Waals surface area (Å²) in [5, 5.41) is 11.7. The zero-order chi connectivity index (χ0) is 19.6. The van der Waals surface area contributed by atoms with Crippen molar-refractivity contribution in [2.24, 2.45) is 7.05 Å². The Kier molecular flexibility index (Phi) is 5.55. The van der Waals surface area contributed by atoms with Crippen molar-refractivity contribution in [3.05, 3.63) is 41.9 Å². The van der Waals surface area contributed by atoms with Crippen molar-refractivity contribution >= 4 is 23.4 Å². The van der Waals surface area contributed by atoms with E-state index in [1.165, 1.54) is 11.8 Å². The van der Waals surface area contributed by atoms with Crippen LogP contribution < -0.4 is 10.1 Å². The molecule has 1 N–H and O–H groups in total. The predicted molar refractivity (Wildman–Crippen MR) is 105 cm³/mol. The van der Waals surface area contributed by atoms with Crippen LogP contribution in [-0.2, 0) is 11.8 Å². The second kappa shape index (κ2) is 7.87. The molecule has 142 valence electrons. The summed E-state index contributed by atoms with van der Waals surface area (Å²) in [6, 6.07) is 7.51. The first-order valence-corrected chi connectivity index (χ1v) is 9.34. The van der Waals surface area contributed by atoms with Gasteiger partial charge in [-0.15, -0.1) is 10.2 Å². The van der Waals surface area contributed by atoms with Gasteiger partial charge in [-0.05, 0) is 44.5 Å². The number of furan rings is 1. The van der Waals surface area contributed by atoms with Crippen molar-refractivity contribution in [1.29, 1.82) is 0 Å². The van der Waals surface area contributed by atoms with E-state index in [9.17, 15) is 4.79 Å². The van der Waals surface area contributed by atoms with Gasteiger partial charge >= 0.3 is 0 Å². The van der Waals surface area contributed by atoms with Crippen molar-refractivity contribution in [3.8, 4) is 17.1 Å². The van der Waals surface area contributed by atoms with Gasteiger partial charge in [0.15, 0.2) is 11.0 Å². The molecule has 1 atom stereocenters. The molecule has 8 heteroatoms. The minimum Gasteiger partial charge on any atom is -0.495 e. The summed E-state index contributed by atoms with van der Waals surface area (Å²) in [6.45, 7) is 5.67. The number of anilines is 1. The molecule has 7 nitrogen and oxygen atoms in total. The molecule has 0 unspecified atom stereocenters. The van der Waals surface area contributed by atoms with E-state index in [1.807, 2.05) is 56.7 Å². The van der Waals surface area contributed by atoms with Crippen LogP contribution in [-0.4, -0.2) is 33.0 Å². The lowest BCUT2D eigenvalue weighted by Gasteiger charge is -2.14. The Balaban J connectivity index is 1.73. The molecule has 1 aromatic carbocycles. The Morgan fingerprint density at radius 3 is 2.74 bits per heavy atom. The molecule has 3 rings (SSSR count). The first-order valence-electron chi connectivity index (χ1n) is 8.46. The Labute approximate surface area is 162 Å². The van der Waals surface area contributed by atoms with E-state index in [0.29, 0.717) is 22.4 Å². The lowest BCUT2D eigenvalue weighted by atomic mass is 10.2. The first kappa shape index (κ1) is 19.0. The minimum atomic E-state index is -0.364. The number of hydrogen-bond acceptors (Lipinski definition) is 6. The number of thioether (sulfide) groups is 1. The zero-order valence-electron chi connectivity index (χ0n) is 15.9. The van der Waals surface area contributed by atoms with Crippen molar-refractivity contribution in [2.45, 2.75) is 31.2 Å². The highest BCUT2D eigenvalue weighted by atomic mass is 32.2. The molecule has 2 heterocycles. The van der Waals surface area contributed by atoms with E-state index in [1.54, 1.807) is 13.4 Å². The highest BCUT2D eigenvalue weighted by molar-refractivity contribution is 8.00. The normalized spacial score (nSPS) is 12.0. The fraction of sp³-hybridized carbons (Fsp3) is 0.316. The molecule has 2 aromatic heterocycles. The maximum atomic E-state index is 12.6. The van der Waals surface area contributed by atoms with Crippen molar-refractivity contribution in [2.75, 3.05) is 12.4 Å². The quantitative estimate of drug-likeness (QED) is 0.649. The van der Waals surface area contributed by atoms with Crippen LogP contribution in [0.3, 0.4) is 0 Å². The number of benzene rings is 1. The second-order valence-corrected chi connectivity index (χ2v) is 7.52. The lowest BCUT2D eigenvalue weighted by molar-refractivity contribution is -0.115. The molecule has 3 aromatic rings. The molecule has 0 fully saturated rings. The zero-order valence-corrected chi connectivity index (χ0v) is 16.8. The van der Waals surface area contributed by atoms with Gasteiger partial charge < -0.3 is 19.0 Å². The number of aromatic nitrogens is 3. The van der Waals surface area contributed by atoms with Gasteiger partial charge in [0.05, 0.1) is 29.9 Å². The molecule has 0 radical (unpaired) electrons. The smallest absolute Gasteiger partial charge is 0.237 e. The van der Waals surface area contributed by atoms with Gasteiger partial charge in [0, 0.05) is 7.05 Å². The monoisotopic (exact) mass is 386 g/mol. The number of methoxy groups -OCH3 is 1. The van der Waals surface area contributed by atoms with E-state index in [0.717, 1.165) is 16.9 Å². The van der Waals surface area contributed by atoms with Crippen LogP contribution in [0.15, 0.2) is 40.1 Å². The number of carbonyl (C=O) groups excluding carboxylic acids is 1. The number of nitrogens with one attached hydrogen (secondary N) is 1. The molecule has 1 amide bonds. The SMILES string of the molecule is COc1ccc(C)cc1NC(=O)[C@H](C)Sc1nnc(-c2ccoc2C)n1C. The summed E-state index contributed by atoms with van der Waals surface area (Å²) >= 11 is 1.35. The van der Waals surface area contributed by atoms with Crippen molar-refractivity contribution < 1.29 is 13.9 Å². The number of amides is 1. The van der Waals surface area contributed by atoms with Gasteiger partial charge in [-0.3, -0.25) is 4.79 Å². The van der Waals surface area contributed by atoms with Gasteiger partial charge in [-0.1, -0.05) is 17.8 Å². The molecule has 0 saturated carbocycles. The third-order valence-corrected chi connectivity index (χ3v) is 5.33. The topological polar surface area (TPSA) is 82.2 Å². The Hall–Kier alpha value is -2.74. The summed E-state index contributed by atoms with van der Waals surface area (Å²) in [7, 11) is 3.45. The summed E-state index contributed by atoms with van der Waals surface area (Å²) in [4.78, 5) is 12.6. The minimum absolute atomic E-state index is 0.132. The summed E-state index contributed by atoms with van der Waals surface area (Å²) < 4.78 is 12.5. The van der Waals surface area contributed by atoms with E-state index in [-0.39, 0.29) is 11.2 Å². The maximum absolute atomic E-state index is 12.6. The molecule has 0 bridgehead atoms. The highest BCUT2D eigenvalue weighted by Gasteiger charge is 2.21. The molecular weight excluding hydrogens is 364 g/mol. The highest BCUT2D eigenvalue weighted by Crippen LogP contribution is 2.30. The maximum Gasteiger partial charge on any atom is 0.237 e. The van der Waals surface area contributed by atoms with E-state index < -0.39 is 0 Å². The second-order valence-electron chi connectivity index (χ2n) is 6.21. The van der Waals surface area contributed by atoms with Gasteiger partial charge in [0.1, 0.15) is 11.5 Å². The molecule has 0 aliphatic rings. The third-order valence-electron chi connectivity index (χ3n) is 4.20. The Morgan fingerprint density at radius 2 is 2.07 bits per heavy atom. The number of rotatable bonds is 6. The van der Waals surface area contributed by atoms with Crippen LogP contribution in [0.4, 0.5) is 5.69 Å². The van der Waals surface area contributed by atoms with Gasteiger partial charge in [-0.25, -0.2) is 0 Å². The van der Waals surface area contributed by atoms with E-state index >= 15 is 0 Å². The fourth-order valence-electron chi connectivity index (χ4n) is 2.63. The summed E-state index contributed by atoms with van der Waals surface area (Å²) in [6.07, 6.45) is 1.62. The Morgan fingerprint density at radius 1 is 1.30 bits per heavy atom. The molecule has 0 aliphatic heterocycles. The number of nitrogens with zero attached hydrogens (tertiary/aromatic N) is 3. The Bertz CT molecular complexity index is 964. The van der Waals surface area contributed by atoms with Gasteiger partial charge in [-0.2, -0.15) is 0 Å². The number of carbonyl (C=O) groups is 1. The van der Waals surface area contributed by atoms with Crippen LogP contribution >= 0.6 is 11.8 Å². The van der Waals surface area contributed by atoms with Crippen LogP contribution in [0, 0.1) is 13.8 Å². The summed E-state index contributed by atoms with van der Waals surface area (Å²) in [5.41, 5.74) is 2.58. The van der Waals surface area contributed by atoms with Crippen LogP contribution in [0.5, 0.6) is 5.75 Å². The number of aryl methyl sites for hydroxylation is 2. The number of ether oxygens (including phenoxy) is 1. The fourth-order valence-corrected chi connectivity index (χ4v) is 3.45. The molecular formula is C19H22N4O3S. The lowest BCUT2D eigenvalue weighted by Crippen LogP contribution is -2.23. The molecule has 0 aliphatic carbocycles. The van der Waals surface area contributed by atoms with Gasteiger partial charge in [0.25, 0.3) is 0 Å². The van der Waals surface area contributed by atoms with E-state index in [4.69, 9.17) is 9.15 Å². The molecule has 0 spiro atoms. The van der Waals surface area contributed by atoms with Crippen LogP contribution in [0.2, 0.25) is 0 Å². The molecule has 27 heavy (non-hydrogen) atoms. The largest absolute Gasteiger partial charge is 0.495 e. The third kappa shape index (κ3) is 4.00. The first-order chi connectivity index (χ1) is 12.9. The summed E-state index contributed by atoms with van der Waals surface area (Å²) in [5.74, 6) is 1.98. The van der Waals surface area contributed by atoms with Crippen molar-refractivity contribution in [1.82, 2.24) is 14.8 Å². The van der Waals surface area contributed by atoms with E-state index in [2.05, 4.69) is 15.5 Å². The average molecular weight is 386 g/mol. The van der Waals surface area contributed by atoms with Gasteiger partial charge in [0.2, 0.25) is 5.91 Å². The van der Waals surface area contributed by atoms with Crippen LogP contribution in [0.25, 0.3) is 11.4 Å². The standard InChI is InChI=1S/C19H22N4O3S/c1-11-6-7-16(25-5)15(10-11)20-18(24)13(3)27-19-22-21-17(23(19)4)14-8-9-26-12(14)2/h6-10,13H,1-5H3,(H,20,24)/t13-/m0/s1. The average Bonchev–Trinajstić information content (AvgIpc) is 3.21. The van der Waals surface area contributed by atoms with Crippen molar-refractivity contribution in [3.63, 3.8) is 0 Å².